The molecule has 6 aromatic heterocycles. The van der Waals surface area contributed by atoms with Gasteiger partial charge in [0, 0.05) is 53.2 Å². The van der Waals surface area contributed by atoms with Crippen LogP contribution in [-0.4, -0.2) is 23.5 Å². The number of aromatic nitrogens is 5. The molecule has 0 N–H and O–H groups in total. The summed E-state index contributed by atoms with van der Waals surface area (Å²) in [6, 6.07) is 59.5. The summed E-state index contributed by atoms with van der Waals surface area (Å²) in [7, 11) is 0. The maximum atomic E-state index is 5.74. The fourth-order valence-corrected chi connectivity index (χ4v) is 11.1. The van der Waals surface area contributed by atoms with Crippen molar-refractivity contribution in [2.45, 2.75) is 0 Å². The first-order valence-electron chi connectivity index (χ1n) is 19.0. The molecule has 258 valence electrons. The van der Waals surface area contributed by atoms with Crippen molar-refractivity contribution in [3.63, 3.8) is 0 Å². The van der Waals surface area contributed by atoms with Crippen molar-refractivity contribution in [2.75, 3.05) is 0 Å². The monoisotopic (exact) mass is 729 g/mol. The van der Waals surface area contributed by atoms with Crippen molar-refractivity contribution in [3.05, 3.63) is 164 Å². The van der Waals surface area contributed by atoms with Crippen molar-refractivity contribution in [3.8, 4) is 11.8 Å². The summed E-state index contributed by atoms with van der Waals surface area (Å²) in [5.74, 6) is 1.56. The molecule has 5 nitrogen and oxygen atoms in total. The third-order valence-corrected chi connectivity index (χ3v) is 13.3. The standard InChI is InChI=1S/C50H27N5S/c1-2-14-29-28(13-1)25-26-41-43(29)36-27-35-32-17-5-10-22-39(32)55(46(35)44-33-18-6-11-23-40(33)53(41)47(36)44)48-45-34-19-7-12-24-42(34)56-49(45)52-50(51-48)54-37-20-8-3-15-30(37)31-16-4-9-21-38(31)54/h1-27H. The van der Waals surface area contributed by atoms with Crippen molar-refractivity contribution in [1.82, 2.24) is 23.5 Å². The van der Waals surface area contributed by atoms with Gasteiger partial charge in [0.05, 0.1) is 44.0 Å². The van der Waals surface area contributed by atoms with Gasteiger partial charge in [-0.05, 0) is 53.2 Å². The Bertz CT molecular complexity index is 3960. The van der Waals surface area contributed by atoms with E-state index in [1.807, 2.05) is 0 Å². The maximum absolute atomic E-state index is 5.74. The van der Waals surface area contributed by atoms with Gasteiger partial charge in [-0.1, -0.05) is 121 Å². The smallest absolute Gasteiger partial charge is 0.238 e. The van der Waals surface area contributed by atoms with Crippen LogP contribution in [0.3, 0.4) is 0 Å². The van der Waals surface area contributed by atoms with Crippen LogP contribution in [0, 0.1) is 0 Å². The molecular weight excluding hydrogens is 703 g/mol. The lowest BCUT2D eigenvalue weighted by molar-refractivity contribution is 0.977. The number of benzene rings is 8. The number of thiophene rings is 1. The molecule has 0 saturated heterocycles. The van der Waals surface area contributed by atoms with E-state index in [0.29, 0.717) is 5.95 Å². The second-order valence-corrected chi connectivity index (χ2v) is 16.0. The molecule has 0 saturated carbocycles. The summed E-state index contributed by atoms with van der Waals surface area (Å²) in [5.41, 5.74) is 8.16. The Balaban J connectivity index is 1.24. The quantitative estimate of drug-likeness (QED) is 0.178. The summed E-state index contributed by atoms with van der Waals surface area (Å²) in [4.78, 5) is 12.1. The fraction of sp³-hybridized carbons (Fsp3) is 0. The highest BCUT2D eigenvalue weighted by molar-refractivity contribution is 7.25. The third-order valence-electron chi connectivity index (χ3n) is 12.2. The Morgan fingerprint density at radius 3 is 1.71 bits per heavy atom. The highest BCUT2D eigenvalue weighted by Gasteiger charge is 2.28. The van der Waals surface area contributed by atoms with Crippen molar-refractivity contribution < 1.29 is 0 Å². The van der Waals surface area contributed by atoms with E-state index in [2.05, 4.69) is 177 Å². The van der Waals surface area contributed by atoms with E-state index in [-0.39, 0.29) is 0 Å². The second kappa shape index (κ2) is 10.3. The summed E-state index contributed by atoms with van der Waals surface area (Å²) < 4.78 is 8.41. The van der Waals surface area contributed by atoms with Gasteiger partial charge >= 0.3 is 0 Å². The molecule has 0 aliphatic carbocycles. The molecule has 0 unspecified atom stereocenters. The molecule has 0 amide bonds. The van der Waals surface area contributed by atoms with E-state index in [9.17, 15) is 0 Å². The van der Waals surface area contributed by atoms with Crippen LogP contribution >= 0.6 is 11.3 Å². The van der Waals surface area contributed by atoms with Gasteiger partial charge in [0.2, 0.25) is 5.95 Å². The predicted octanol–water partition coefficient (Wildman–Crippen LogP) is 13.3. The third kappa shape index (κ3) is 3.47. The molecule has 6 heterocycles. The summed E-state index contributed by atoms with van der Waals surface area (Å²) in [6.07, 6.45) is 0. The molecule has 56 heavy (non-hydrogen) atoms. The van der Waals surface area contributed by atoms with Gasteiger partial charge in [0.25, 0.3) is 0 Å². The van der Waals surface area contributed by atoms with Gasteiger partial charge in [-0.2, -0.15) is 4.98 Å². The lowest BCUT2D eigenvalue weighted by Gasteiger charge is -2.13. The van der Waals surface area contributed by atoms with Crippen LogP contribution in [-0.2, 0) is 0 Å². The zero-order valence-electron chi connectivity index (χ0n) is 29.7. The van der Waals surface area contributed by atoms with Gasteiger partial charge in [0.1, 0.15) is 4.83 Å². The highest BCUT2D eigenvalue weighted by Crippen LogP contribution is 2.49. The average molecular weight is 730 g/mol. The van der Waals surface area contributed by atoms with Gasteiger partial charge in [-0.25, -0.2) is 4.98 Å². The minimum absolute atomic E-state index is 0.667. The van der Waals surface area contributed by atoms with Crippen LogP contribution in [0.2, 0.25) is 0 Å². The molecule has 6 heteroatoms. The molecule has 0 aliphatic rings. The summed E-state index contributed by atoms with van der Waals surface area (Å²) >= 11 is 1.74. The molecular formula is C50H27N5S. The molecule has 0 spiro atoms. The summed E-state index contributed by atoms with van der Waals surface area (Å²) in [6.45, 7) is 0. The highest BCUT2D eigenvalue weighted by atomic mass is 32.1. The van der Waals surface area contributed by atoms with Crippen LogP contribution in [0.4, 0.5) is 0 Å². The first-order valence-corrected chi connectivity index (χ1v) is 19.8. The predicted molar refractivity (Wildman–Crippen MR) is 236 cm³/mol. The molecule has 0 aliphatic heterocycles. The number of para-hydroxylation sites is 4. The fourth-order valence-electron chi connectivity index (χ4n) is 9.99. The molecule has 0 atom stereocenters. The lowest BCUT2D eigenvalue weighted by Crippen LogP contribution is -2.06. The van der Waals surface area contributed by atoms with E-state index in [0.717, 1.165) is 32.6 Å². The molecule has 0 bridgehead atoms. The number of hydrogen-bond acceptors (Lipinski definition) is 3. The van der Waals surface area contributed by atoms with E-state index < -0.39 is 0 Å². The number of hydrogen-bond donors (Lipinski definition) is 0. The maximum Gasteiger partial charge on any atom is 0.238 e. The van der Waals surface area contributed by atoms with Crippen LogP contribution < -0.4 is 0 Å². The number of fused-ring (bicyclic) bond motifs is 18. The molecule has 0 fully saturated rings. The first-order chi connectivity index (χ1) is 27.8. The van der Waals surface area contributed by atoms with Gasteiger partial charge in [0.15, 0.2) is 5.82 Å². The van der Waals surface area contributed by atoms with Gasteiger partial charge < -0.3 is 4.40 Å². The van der Waals surface area contributed by atoms with Crippen LogP contribution in [0.5, 0.6) is 0 Å². The SMILES string of the molecule is c1ccc2c(c1)ccc1c2c2cc3c4ccccc4n(-c4nc(-n5c6ccccc6c6ccccc65)nc5sc6ccccc6c45)c3c3c4ccccc4n1c23. The molecule has 14 rings (SSSR count). The van der Waals surface area contributed by atoms with Crippen LogP contribution in [0.1, 0.15) is 0 Å². The van der Waals surface area contributed by atoms with Crippen LogP contribution in [0.25, 0.3) is 125 Å². The van der Waals surface area contributed by atoms with E-state index in [1.54, 1.807) is 11.3 Å². The Morgan fingerprint density at radius 1 is 0.375 bits per heavy atom. The number of nitrogens with zero attached hydrogens (tertiary/aromatic N) is 5. The largest absolute Gasteiger partial charge is 0.308 e. The number of rotatable bonds is 2. The Labute approximate surface area is 321 Å². The molecule has 14 aromatic rings. The van der Waals surface area contributed by atoms with Gasteiger partial charge in [-0.15, -0.1) is 11.3 Å². The molecule has 0 radical (unpaired) electrons. The van der Waals surface area contributed by atoms with Crippen molar-refractivity contribution in [1.29, 1.82) is 0 Å². The summed E-state index contributed by atoms with van der Waals surface area (Å²) in [5, 5.41) is 14.6. The normalized spacial score (nSPS) is 12.6. The van der Waals surface area contributed by atoms with Crippen molar-refractivity contribution in [2.24, 2.45) is 0 Å². The first kappa shape index (κ1) is 29.1. The van der Waals surface area contributed by atoms with E-state index in [1.165, 1.54) is 86.0 Å². The van der Waals surface area contributed by atoms with Crippen molar-refractivity contribution >= 4 is 124 Å². The van der Waals surface area contributed by atoms with Crippen LogP contribution in [0.15, 0.2) is 164 Å². The second-order valence-electron chi connectivity index (χ2n) is 14.9. The Morgan fingerprint density at radius 2 is 0.964 bits per heavy atom. The zero-order chi connectivity index (χ0) is 36.2. The topological polar surface area (TPSA) is 40.0 Å². The molecule has 8 aromatic carbocycles. The van der Waals surface area contributed by atoms with E-state index >= 15 is 0 Å². The van der Waals surface area contributed by atoms with Gasteiger partial charge in [-0.3, -0.25) is 9.13 Å². The minimum atomic E-state index is 0.667. The minimum Gasteiger partial charge on any atom is -0.308 e. The van der Waals surface area contributed by atoms with E-state index in [4.69, 9.17) is 9.97 Å². The Kier molecular flexibility index (Phi) is 5.34. The average Bonchev–Trinajstić information content (AvgIpc) is 4.05. The zero-order valence-corrected chi connectivity index (χ0v) is 30.5. The Hall–Kier alpha value is -7.28. The lowest BCUT2D eigenvalue weighted by atomic mass is 10.00.